The second-order valence-electron chi connectivity index (χ2n) is 4.38. The summed E-state index contributed by atoms with van der Waals surface area (Å²) in [6.07, 6.45) is 2.13. The van der Waals surface area contributed by atoms with Crippen LogP contribution in [0.4, 0.5) is 0 Å². The fraction of sp³-hybridized carbons (Fsp3) is 0.500. The van der Waals surface area contributed by atoms with Gasteiger partial charge in [-0.15, -0.1) is 11.8 Å². The number of benzene rings is 1. The first-order chi connectivity index (χ1) is 8.61. The van der Waals surface area contributed by atoms with Gasteiger partial charge in [-0.1, -0.05) is 37.1 Å². The van der Waals surface area contributed by atoms with Crippen molar-refractivity contribution in [2.45, 2.75) is 38.5 Å². The average Bonchev–Trinajstić information content (AvgIpc) is 2.29. The number of hydrogen-bond acceptors (Lipinski definition) is 2. The number of hydrogen-bond donors (Lipinski definition) is 1. The van der Waals surface area contributed by atoms with E-state index >= 15 is 0 Å². The third-order valence-electron chi connectivity index (χ3n) is 2.52. The van der Waals surface area contributed by atoms with Crippen LogP contribution < -0.4 is 5.32 Å². The van der Waals surface area contributed by atoms with Gasteiger partial charge in [0, 0.05) is 16.8 Å². The number of amides is 1. The molecule has 0 aromatic heterocycles. The summed E-state index contributed by atoms with van der Waals surface area (Å²) in [4.78, 5) is 11.6. The fourth-order valence-electron chi connectivity index (χ4n) is 1.71. The van der Waals surface area contributed by atoms with Crippen LogP contribution in [-0.2, 0) is 10.5 Å². The minimum atomic E-state index is 0.114. The molecule has 1 amide bonds. The van der Waals surface area contributed by atoms with E-state index in [1.807, 2.05) is 31.2 Å². The lowest BCUT2D eigenvalue weighted by atomic mass is 10.2. The molecule has 0 saturated heterocycles. The molecule has 0 radical (unpaired) electrons. The Kier molecular flexibility index (Phi) is 7.21. The molecule has 0 aliphatic heterocycles. The third kappa shape index (κ3) is 6.31. The van der Waals surface area contributed by atoms with Crippen LogP contribution in [0.1, 0.15) is 32.3 Å². The molecule has 0 heterocycles. The van der Waals surface area contributed by atoms with Gasteiger partial charge in [-0.2, -0.15) is 0 Å². The Morgan fingerprint density at radius 1 is 1.50 bits per heavy atom. The maximum Gasteiger partial charge on any atom is 0.230 e. The van der Waals surface area contributed by atoms with E-state index < -0.39 is 0 Å². The lowest BCUT2D eigenvalue weighted by Crippen LogP contribution is -2.33. The normalized spacial score (nSPS) is 12.2. The van der Waals surface area contributed by atoms with Gasteiger partial charge in [0.2, 0.25) is 5.91 Å². The van der Waals surface area contributed by atoms with Crippen molar-refractivity contribution in [2.24, 2.45) is 0 Å². The van der Waals surface area contributed by atoms with Crippen molar-refractivity contribution >= 4 is 29.3 Å². The third-order valence-corrected chi connectivity index (χ3v) is 3.76. The van der Waals surface area contributed by atoms with E-state index in [9.17, 15) is 4.79 Å². The number of thioether (sulfide) groups is 1. The molecule has 1 aromatic rings. The predicted octanol–water partition coefficient (Wildman–Crippen LogP) is 3.88. The highest BCUT2D eigenvalue weighted by atomic mass is 35.5. The predicted molar refractivity (Wildman–Crippen MR) is 80.1 cm³/mol. The Labute approximate surface area is 118 Å². The Bertz CT molecular complexity index is 384. The second kappa shape index (κ2) is 8.44. The van der Waals surface area contributed by atoms with Crippen molar-refractivity contribution < 1.29 is 4.79 Å². The van der Waals surface area contributed by atoms with Crippen molar-refractivity contribution in [3.63, 3.8) is 0 Å². The number of nitrogens with one attached hydrogen (secondary N) is 1. The van der Waals surface area contributed by atoms with E-state index in [0.29, 0.717) is 5.75 Å². The first-order valence-electron chi connectivity index (χ1n) is 6.23. The highest BCUT2D eigenvalue weighted by Gasteiger charge is 2.06. The minimum Gasteiger partial charge on any atom is -0.353 e. The molecule has 0 bridgehead atoms. The molecule has 0 saturated carbocycles. The van der Waals surface area contributed by atoms with Crippen molar-refractivity contribution in [3.8, 4) is 0 Å². The van der Waals surface area contributed by atoms with Crippen LogP contribution in [0.25, 0.3) is 0 Å². The lowest BCUT2D eigenvalue weighted by Gasteiger charge is -2.12. The quantitative estimate of drug-likeness (QED) is 0.824. The Morgan fingerprint density at radius 2 is 2.28 bits per heavy atom. The summed E-state index contributed by atoms with van der Waals surface area (Å²) in [5, 5.41) is 3.74. The molecular weight excluding hydrogens is 266 g/mol. The topological polar surface area (TPSA) is 29.1 Å². The van der Waals surface area contributed by atoms with Crippen molar-refractivity contribution in [1.29, 1.82) is 0 Å². The zero-order valence-corrected chi connectivity index (χ0v) is 12.5. The Hall–Kier alpha value is -0.670. The Balaban J connectivity index is 2.23. The van der Waals surface area contributed by atoms with Gasteiger partial charge in [0.05, 0.1) is 5.75 Å². The van der Waals surface area contributed by atoms with Crippen molar-refractivity contribution in [1.82, 2.24) is 5.32 Å². The van der Waals surface area contributed by atoms with Gasteiger partial charge in [-0.3, -0.25) is 4.79 Å². The molecule has 100 valence electrons. The molecule has 2 nitrogen and oxygen atoms in total. The van der Waals surface area contributed by atoms with Gasteiger partial charge in [-0.05, 0) is 31.0 Å². The maximum atomic E-state index is 11.6. The number of carbonyl (C=O) groups is 1. The molecule has 0 aliphatic rings. The largest absolute Gasteiger partial charge is 0.353 e. The molecule has 0 aliphatic carbocycles. The van der Waals surface area contributed by atoms with E-state index in [2.05, 4.69) is 12.2 Å². The SMILES string of the molecule is CCC[C@@H](C)NC(=O)CSCc1cccc(Cl)c1. The van der Waals surface area contributed by atoms with E-state index in [1.165, 1.54) is 0 Å². The molecule has 1 aromatic carbocycles. The first kappa shape index (κ1) is 15.4. The second-order valence-corrected chi connectivity index (χ2v) is 5.80. The van der Waals surface area contributed by atoms with Gasteiger partial charge in [0.15, 0.2) is 0 Å². The highest BCUT2D eigenvalue weighted by molar-refractivity contribution is 7.99. The molecular formula is C14H20ClNOS. The van der Waals surface area contributed by atoms with E-state index in [0.717, 1.165) is 29.2 Å². The molecule has 0 spiro atoms. The van der Waals surface area contributed by atoms with Gasteiger partial charge in [0.1, 0.15) is 0 Å². The summed E-state index contributed by atoms with van der Waals surface area (Å²) in [5.74, 6) is 1.43. The van der Waals surface area contributed by atoms with Crippen LogP contribution in [0, 0.1) is 0 Å². The summed E-state index contributed by atoms with van der Waals surface area (Å²) in [6.45, 7) is 4.17. The van der Waals surface area contributed by atoms with Gasteiger partial charge >= 0.3 is 0 Å². The van der Waals surface area contributed by atoms with Crippen molar-refractivity contribution in [3.05, 3.63) is 34.9 Å². The first-order valence-corrected chi connectivity index (χ1v) is 7.76. The number of halogens is 1. The van der Waals surface area contributed by atoms with E-state index in [4.69, 9.17) is 11.6 Å². The van der Waals surface area contributed by atoms with E-state index in [1.54, 1.807) is 11.8 Å². The molecule has 18 heavy (non-hydrogen) atoms. The van der Waals surface area contributed by atoms with Crippen LogP contribution in [0.15, 0.2) is 24.3 Å². The highest BCUT2D eigenvalue weighted by Crippen LogP contribution is 2.16. The fourth-order valence-corrected chi connectivity index (χ4v) is 2.71. The summed E-state index contributed by atoms with van der Waals surface area (Å²) < 4.78 is 0. The van der Waals surface area contributed by atoms with Crippen LogP contribution >= 0.6 is 23.4 Å². The van der Waals surface area contributed by atoms with E-state index in [-0.39, 0.29) is 11.9 Å². The minimum absolute atomic E-state index is 0.114. The molecule has 4 heteroatoms. The number of carbonyl (C=O) groups excluding carboxylic acids is 1. The smallest absolute Gasteiger partial charge is 0.230 e. The Morgan fingerprint density at radius 3 is 2.94 bits per heavy atom. The summed E-state index contributed by atoms with van der Waals surface area (Å²) in [5.41, 5.74) is 1.15. The monoisotopic (exact) mass is 285 g/mol. The standard InChI is InChI=1S/C14H20ClNOS/c1-3-5-11(2)16-14(17)10-18-9-12-6-4-7-13(15)8-12/h4,6-8,11H,3,5,9-10H2,1-2H3,(H,16,17)/t11-/m1/s1. The lowest BCUT2D eigenvalue weighted by molar-refractivity contribution is -0.119. The van der Waals surface area contributed by atoms with Gasteiger partial charge in [0.25, 0.3) is 0 Å². The maximum absolute atomic E-state index is 11.6. The zero-order chi connectivity index (χ0) is 13.4. The van der Waals surface area contributed by atoms with Crippen LogP contribution in [0.2, 0.25) is 5.02 Å². The molecule has 0 fully saturated rings. The molecule has 1 rings (SSSR count). The molecule has 1 atom stereocenters. The summed E-state index contributed by atoms with van der Waals surface area (Å²) in [6, 6.07) is 8.02. The van der Waals surface area contributed by atoms with Crippen LogP contribution in [-0.4, -0.2) is 17.7 Å². The summed E-state index contributed by atoms with van der Waals surface area (Å²) in [7, 11) is 0. The average molecular weight is 286 g/mol. The van der Waals surface area contributed by atoms with Crippen LogP contribution in [0.3, 0.4) is 0 Å². The number of rotatable bonds is 7. The molecule has 0 unspecified atom stereocenters. The summed E-state index contributed by atoms with van der Waals surface area (Å²) >= 11 is 7.51. The van der Waals surface area contributed by atoms with Crippen LogP contribution in [0.5, 0.6) is 0 Å². The van der Waals surface area contributed by atoms with Crippen molar-refractivity contribution in [2.75, 3.05) is 5.75 Å². The zero-order valence-electron chi connectivity index (χ0n) is 10.9. The molecule has 1 N–H and O–H groups in total. The van der Waals surface area contributed by atoms with Gasteiger partial charge in [-0.25, -0.2) is 0 Å². The van der Waals surface area contributed by atoms with Gasteiger partial charge < -0.3 is 5.32 Å².